The first-order valence-corrected chi connectivity index (χ1v) is 9.34. The average molecular weight is 384 g/mol. The van der Waals surface area contributed by atoms with Gasteiger partial charge in [-0.1, -0.05) is 0 Å². The number of aromatic nitrogens is 2. The number of aryl methyl sites for hydroxylation is 1. The molecule has 138 valence electrons. The van der Waals surface area contributed by atoms with Crippen molar-refractivity contribution in [3.05, 3.63) is 72.2 Å². The maximum Gasteiger partial charge on any atom is 0.335 e. The van der Waals surface area contributed by atoms with E-state index in [0.29, 0.717) is 11.5 Å². The number of aromatic carboxylic acids is 1. The molecule has 1 aromatic heterocycles. The Balaban J connectivity index is 1.72. The highest BCUT2D eigenvalue weighted by Crippen LogP contribution is 2.20. The van der Waals surface area contributed by atoms with E-state index < -0.39 is 16.0 Å². The van der Waals surface area contributed by atoms with Gasteiger partial charge in [0.2, 0.25) is 0 Å². The molecule has 3 aromatic rings. The zero-order valence-corrected chi connectivity index (χ0v) is 15.1. The quantitative estimate of drug-likeness (QED) is 0.597. The van der Waals surface area contributed by atoms with Gasteiger partial charge in [0, 0.05) is 23.1 Å². The van der Waals surface area contributed by atoms with Crippen LogP contribution >= 0.6 is 0 Å². The van der Waals surface area contributed by atoms with Gasteiger partial charge in [-0.25, -0.2) is 23.2 Å². The summed E-state index contributed by atoms with van der Waals surface area (Å²) in [6.45, 7) is 1.85. The zero-order valence-electron chi connectivity index (χ0n) is 14.2. The van der Waals surface area contributed by atoms with Gasteiger partial charge in [0.05, 0.1) is 10.5 Å². The van der Waals surface area contributed by atoms with Crippen molar-refractivity contribution in [1.82, 2.24) is 9.97 Å². The highest BCUT2D eigenvalue weighted by atomic mass is 32.2. The fourth-order valence-corrected chi connectivity index (χ4v) is 3.34. The highest BCUT2D eigenvalue weighted by molar-refractivity contribution is 7.92. The Morgan fingerprint density at radius 2 is 1.59 bits per heavy atom. The Labute approximate surface area is 156 Å². The molecule has 3 rings (SSSR count). The van der Waals surface area contributed by atoms with Crippen molar-refractivity contribution in [3.8, 4) is 0 Å². The van der Waals surface area contributed by atoms with Gasteiger partial charge in [0.25, 0.3) is 10.0 Å². The van der Waals surface area contributed by atoms with Crippen LogP contribution in [0.3, 0.4) is 0 Å². The Kier molecular flexibility index (Phi) is 5.04. The molecule has 0 spiro atoms. The standard InChI is InChI=1S/C18H16N4O4S/c1-12-10-17(20-11-19-12)21-14-4-6-15(7-5-14)22-27(25,26)16-8-2-13(3-9-16)18(23)24/h2-11,22H,1H3,(H,23,24)(H,19,20,21). The van der Waals surface area contributed by atoms with Crippen LogP contribution in [0.1, 0.15) is 16.1 Å². The molecule has 0 amide bonds. The minimum atomic E-state index is -3.82. The minimum absolute atomic E-state index is 0.0179. The van der Waals surface area contributed by atoms with Crippen LogP contribution in [0.5, 0.6) is 0 Å². The lowest BCUT2D eigenvalue weighted by molar-refractivity contribution is 0.0696. The summed E-state index contributed by atoms with van der Waals surface area (Å²) in [5, 5.41) is 12.0. The van der Waals surface area contributed by atoms with Crippen molar-refractivity contribution < 1.29 is 18.3 Å². The number of hydrogen-bond donors (Lipinski definition) is 3. The molecule has 0 unspecified atom stereocenters. The lowest BCUT2D eigenvalue weighted by Gasteiger charge is -2.10. The number of benzene rings is 2. The summed E-state index contributed by atoms with van der Waals surface area (Å²) in [4.78, 5) is 19.0. The number of nitrogens with zero attached hydrogens (tertiary/aromatic N) is 2. The molecule has 2 aromatic carbocycles. The molecule has 0 bridgehead atoms. The normalized spacial score (nSPS) is 11.0. The summed E-state index contributed by atoms with van der Waals surface area (Å²) in [6, 6.07) is 13.4. The predicted molar refractivity (Wildman–Crippen MR) is 101 cm³/mol. The molecular weight excluding hydrogens is 368 g/mol. The number of carboxylic acid groups (broad SMARTS) is 1. The number of carboxylic acids is 1. The van der Waals surface area contributed by atoms with Crippen LogP contribution in [0, 0.1) is 6.92 Å². The monoisotopic (exact) mass is 384 g/mol. The molecule has 0 radical (unpaired) electrons. The summed E-state index contributed by atoms with van der Waals surface area (Å²) in [5.41, 5.74) is 1.96. The third-order valence-electron chi connectivity index (χ3n) is 3.62. The van der Waals surface area contributed by atoms with E-state index in [1.54, 1.807) is 30.3 Å². The van der Waals surface area contributed by atoms with E-state index in [4.69, 9.17) is 5.11 Å². The second kappa shape index (κ2) is 7.42. The summed E-state index contributed by atoms with van der Waals surface area (Å²) < 4.78 is 27.3. The van der Waals surface area contributed by atoms with E-state index in [2.05, 4.69) is 20.0 Å². The van der Waals surface area contributed by atoms with E-state index >= 15 is 0 Å². The third kappa shape index (κ3) is 4.59. The van der Waals surface area contributed by atoms with Crippen molar-refractivity contribution in [2.24, 2.45) is 0 Å². The summed E-state index contributed by atoms with van der Waals surface area (Å²) in [5.74, 6) is -0.483. The smallest absolute Gasteiger partial charge is 0.335 e. The van der Waals surface area contributed by atoms with Gasteiger partial charge in [0.15, 0.2) is 0 Å². The molecule has 0 atom stereocenters. The van der Waals surface area contributed by atoms with E-state index in [0.717, 1.165) is 11.4 Å². The Morgan fingerprint density at radius 1 is 0.963 bits per heavy atom. The fraction of sp³-hybridized carbons (Fsp3) is 0.0556. The number of carbonyl (C=O) groups is 1. The molecule has 0 saturated heterocycles. The van der Waals surface area contributed by atoms with Crippen molar-refractivity contribution in [3.63, 3.8) is 0 Å². The van der Waals surface area contributed by atoms with Gasteiger partial charge < -0.3 is 10.4 Å². The summed E-state index contributed by atoms with van der Waals surface area (Å²) in [7, 11) is -3.82. The van der Waals surface area contributed by atoms with Crippen LogP contribution in [0.4, 0.5) is 17.2 Å². The Hall–Kier alpha value is -3.46. The van der Waals surface area contributed by atoms with Gasteiger partial charge in [-0.05, 0) is 55.5 Å². The van der Waals surface area contributed by atoms with Crippen LogP contribution in [-0.2, 0) is 10.0 Å². The zero-order chi connectivity index (χ0) is 19.4. The number of hydrogen-bond acceptors (Lipinski definition) is 6. The molecule has 0 aliphatic heterocycles. The number of sulfonamides is 1. The lowest BCUT2D eigenvalue weighted by Crippen LogP contribution is -2.13. The number of rotatable bonds is 6. The van der Waals surface area contributed by atoms with E-state index in [-0.39, 0.29) is 10.5 Å². The van der Waals surface area contributed by atoms with Gasteiger partial charge in [0.1, 0.15) is 12.1 Å². The predicted octanol–water partition coefficient (Wildman–Crippen LogP) is 3.03. The second-order valence-corrected chi connectivity index (χ2v) is 7.36. The largest absolute Gasteiger partial charge is 0.478 e. The average Bonchev–Trinajstić information content (AvgIpc) is 2.63. The second-order valence-electron chi connectivity index (χ2n) is 5.68. The van der Waals surface area contributed by atoms with Crippen molar-refractivity contribution >= 4 is 33.2 Å². The first-order chi connectivity index (χ1) is 12.8. The van der Waals surface area contributed by atoms with E-state index in [9.17, 15) is 13.2 Å². The summed E-state index contributed by atoms with van der Waals surface area (Å²) in [6.07, 6.45) is 1.45. The SMILES string of the molecule is Cc1cc(Nc2ccc(NS(=O)(=O)c3ccc(C(=O)O)cc3)cc2)ncn1. The topological polar surface area (TPSA) is 121 Å². The molecule has 0 aliphatic rings. The van der Waals surface area contributed by atoms with Gasteiger partial charge in [-0.15, -0.1) is 0 Å². The fourth-order valence-electron chi connectivity index (χ4n) is 2.28. The third-order valence-corrected chi connectivity index (χ3v) is 5.02. The van der Waals surface area contributed by atoms with Crippen molar-refractivity contribution in [2.45, 2.75) is 11.8 Å². The van der Waals surface area contributed by atoms with Crippen LogP contribution in [0.15, 0.2) is 65.8 Å². The summed E-state index contributed by atoms with van der Waals surface area (Å²) >= 11 is 0. The van der Waals surface area contributed by atoms with Gasteiger partial charge in [-0.3, -0.25) is 4.72 Å². The lowest BCUT2D eigenvalue weighted by atomic mass is 10.2. The molecule has 0 fully saturated rings. The molecule has 27 heavy (non-hydrogen) atoms. The van der Waals surface area contributed by atoms with Crippen LogP contribution in [0.25, 0.3) is 0 Å². The molecule has 3 N–H and O–H groups in total. The molecule has 0 aliphatic carbocycles. The molecule has 0 saturated carbocycles. The van der Waals surface area contributed by atoms with Crippen LogP contribution < -0.4 is 10.0 Å². The molecule has 9 heteroatoms. The Bertz CT molecular complexity index is 1070. The van der Waals surface area contributed by atoms with Crippen LogP contribution in [0.2, 0.25) is 0 Å². The van der Waals surface area contributed by atoms with Crippen LogP contribution in [-0.4, -0.2) is 29.5 Å². The molecule has 1 heterocycles. The maximum atomic E-state index is 12.4. The molecule has 8 nitrogen and oxygen atoms in total. The van der Waals surface area contributed by atoms with Crippen molar-refractivity contribution in [2.75, 3.05) is 10.0 Å². The number of anilines is 3. The van der Waals surface area contributed by atoms with E-state index in [1.807, 2.05) is 6.92 Å². The highest BCUT2D eigenvalue weighted by Gasteiger charge is 2.15. The maximum absolute atomic E-state index is 12.4. The van der Waals surface area contributed by atoms with E-state index in [1.165, 1.54) is 30.6 Å². The van der Waals surface area contributed by atoms with Gasteiger partial charge >= 0.3 is 5.97 Å². The number of nitrogens with one attached hydrogen (secondary N) is 2. The molecular formula is C18H16N4O4S. The first kappa shape index (κ1) is 18.3. The minimum Gasteiger partial charge on any atom is -0.478 e. The van der Waals surface area contributed by atoms with Gasteiger partial charge in [-0.2, -0.15) is 0 Å². The van der Waals surface area contributed by atoms with Crippen molar-refractivity contribution in [1.29, 1.82) is 0 Å². The Morgan fingerprint density at radius 3 is 2.19 bits per heavy atom. The first-order valence-electron chi connectivity index (χ1n) is 7.85.